The van der Waals surface area contributed by atoms with Crippen molar-refractivity contribution in [1.82, 2.24) is 4.90 Å². The molecule has 1 atom stereocenters. The molecule has 1 aliphatic heterocycles. The van der Waals surface area contributed by atoms with Crippen molar-refractivity contribution in [1.29, 1.82) is 0 Å². The zero-order valence-electron chi connectivity index (χ0n) is 12.6. The number of carboxylic acid groups (broad SMARTS) is 1. The van der Waals surface area contributed by atoms with Crippen molar-refractivity contribution in [2.75, 3.05) is 26.4 Å². The van der Waals surface area contributed by atoms with Crippen LogP contribution in [0, 0.1) is 0 Å². The molecule has 1 amide bonds. The Labute approximate surface area is 135 Å². The quantitative estimate of drug-likeness (QED) is 0.879. The van der Waals surface area contributed by atoms with E-state index in [-0.39, 0.29) is 31.9 Å². The van der Waals surface area contributed by atoms with Crippen molar-refractivity contribution in [2.45, 2.75) is 18.6 Å². The zero-order valence-corrected chi connectivity index (χ0v) is 12.6. The molecule has 9 heteroatoms. The second-order valence-corrected chi connectivity index (χ2v) is 5.23. The van der Waals surface area contributed by atoms with Crippen LogP contribution in [0.2, 0.25) is 0 Å². The summed E-state index contributed by atoms with van der Waals surface area (Å²) in [7, 11) is 0. The van der Waals surface area contributed by atoms with Crippen LogP contribution in [-0.2, 0) is 20.5 Å². The third-order valence-corrected chi connectivity index (χ3v) is 3.48. The van der Waals surface area contributed by atoms with E-state index in [4.69, 9.17) is 14.6 Å². The largest absolute Gasteiger partial charge is 0.484 e. The topological polar surface area (TPSA) is 76.1 Å². The number of benzene rings is 1. The average Bonchev–Trinajstić information content (AvgIpc) is 2.52. The second kappa shape index (κ2) is 7.52. The lowest BCUT2D eigenvalue weighted by atomic mass is 10.1. The molecule has 1 fully saturated rings. The summed E-state index contributed by atoms with van der Waals surface area (Å²) in [6.07, 6.45) is -4.77. The monoisotopic (exact) mass is 347 g/mol. The highest BCUT2D eigenvalue weighted by atomic mass is 19.4. The predicted molar refractivity (Wildman–Crippen MR) is 75.5 cm³/mol. The number of alkyl halides is 3. The number of nitrogens with zero attached hydrogens (tertiary/aromatic N) is 1. The molecule has 1 N–H and O–H groups in total. The lowest BCUT2D eigenvalue weighted by Crippen LogP contribution is -2.51. The van der Waals surface area contributed by atoms with Gasteiger partial charge in [-0.3, -0.25) is 9.59 Å². The van der Waals surface area contributed by atoms with E-state index in [1.54, 1.807) is 0 Å². The van der Waals surface area contributed by atoms with Crippen molar-refractivity contribution in [3.05, 3.63) is 29.8 Å². The van der Waals surface area contributed by atoms with Crippen molar-refractivity contribution >= 4 is 11.9 Å². The number of morpholine rings is 1. The minimum absolute atomic E-state index is 0.0822. The molecule has 1 aromatic rings. The lowest BCUT2D eigenvalue weighted by Gasteiger charge is -2.34. The SMILES string of the molecule is O=C(O)CC1COCCN1C(=O)COc1cccc(C(F)(F)F)c1. The fraction of sp³-hybridized carbons (Fsp3) is 0.467. The highest BCUT2D eigenvalue weighted by Gasteiger charge is 2.31. The first-order valence-electron chi connectivity index (χ1n) is 7.16. The average molecular weight is 347 g/mol. The summed E-state index contributed by atoms with van der Waals surface area (Å²) in [5.74, 6) is -1.65. The van der Waals surface area contributed by atoms with Crippen molar-refractivity contribution in [3.63, 3.8) is 0 Å². The number of hydrogen-bond donors (Lipinski definition) is 1. The van der Waals surface area contributed by atoms with Crippen LogP contribution in [0.3, 0.4) is 0 Å². The molecule has 6 nitrogen and oxygen atoms in total. The van der Waals surface area contributed by atoms with E-state index in [0.717, 1.165) is 12.1 Å². The lowest BCUT2D eigenvalue weighted by molar-refractivity contribution is -0.147. The summed E-state index contributed by atoms with van der Waals surface area (Å²) in [5, 5.41) is 8.85. The molecule has 24 heavy (non-hydrogen) atoms. The standard InChI is InChI=1S/C15H16F3NO5/c16-15(17,18)10-2-1-3-12(6-10)24-9-13(20)19-4-5-23-8-11(19)7-14(21)22/h1-3,6,11H,4-5,7-9H2,(H,21,22). The van der Waals surface area contributed by atoms with Gasteiger partial charge >= 0.3 is 12.1 Å². The van der Waals surface area contributed by atoms with E-state index in [1.807, 2.05) is 0 Å². The van der Waals surface area contributed by atoms with Crippen LogP contribution in [0.4, 0.5) is 13.2 Å². The van der Waals surface area contributed by atoms with Gasteiger partial charge in [-0.25, -0.2) is 0 Å². The van der Waals surface area contributed by atoms with Crippen molar-refractivity contribution in [3.8, 4) is 5.75 Å². The van der Waals surface area contributed by atoms with E-state index >= 15 is 0 Å². The number of halogens is 3. The van der Waals surface area contributed by atoms with Crippen molar-refractivity contribution in [2.24, 2.45) is 0 Å². The van der Waals surface area contributed by atoms with Gasteiger partial charge in [-0.05, 0) is 18.2 Å². The molecule has 0 radical (unpaired) electrons. The summed E-state index contributed by atoms with van der Waals surface area (Å²) in [6, 6.07) is 3.59. The number of carbonyl (C=O) groups excluding carboxylic acids is 1. The van der Waals surface area contributed by atoms with Gasteiger partial charge in [-0.2, -0.15) is 13.2 Å². The number of hydrogen-bond acceptors (Lipinski definition) is 4. The molecule has 0 bridgehead atoms. The first kappa shape index (κ1) is 18.1. The van der Waals surface area contributed by atoms with Crippen LogP contribution in [0.1, 0.15) is 12.0 Å². The molecule has 1 heterocycles. The molecule has 1 unspecified atom stereocenters. The van der Waals surface area contributed by atoms with Crippen LogP contribution in [0.15, 0.2) is 24.3 Å². The smallest absolute Gasteiger partial charge is 0.416 e. The van der Waals surface area contributed by atoms with Crippen LogP contribution in [0.5, 0.6) is 5.75 Å². The Hall–Kier alpha value is -2.29. The highest BCUT2D eigenvalue weighted by Crippen LogP contribution is 2.31. The number of aliphatic carboxylic acids is 1. The van der Waals surface area contributed by atoms with E-state index in [1.165, 1.54) is 17.0 Å². The number of amides is 1. The third kappa shape index (κ3) is 4.85. The molecular formula is C15H16F3NO5. The summed E-state index contributed by atoms with van der Waals surface area (Å²) >= 11 is 0. The minimum atomic E-state index is -4.50. The van der Waals surface area contributed by atoms with E-state index in [0.29, 0.717) is 0 Å². The van der Waals surface area contributed by atoms with Gasteiger partial charge in [0.05, 0.1) is 31.2 Å². The predicted octanol–water partition coefficient (Wildman–Crippen LogP) is 1.79. The maximum atomic E-state index is 12.6. The first-order chi connectivity index (χ1) is 11.3. The van der Waals surface area contributed by atoms with Gasteiger partial charge in [-0.1, -0.05) is 6.07 Å². The van der Waals surface area contributed by atoms with Gasteiger partial charge in [0.15, 0.2) is 6.61 Å². The number of carbonyl (C=O) groups is 2. The van der Waals surface area contributed by atoms with E-state index < -0.39 is 36.3 Å². The van der Waals surface area contributed by atoms with Gasteiger partial charge < -0.3 is 19.5 Å². The van der Waals surface area contributed by atoms with Crippen LogP contribution < -0.4 is 4.74 Å². The molecule has 0 spiro atoms. The molecule has 0 aliphatic carbocycles. The molecular weight excluding hydrogens is 331 g/mol. The number of ether oxygens (including phenoxy) is 2. The Morgan fingerprint density at radius 2 is 2.12 bits per heavy atom. The summed E-state index contributed by atoms with van der Waals surface area (Å²) in [5.41, 5.74) is -0.873. The molecule has 0 saturated carbocycles. The normalized spacial score (nSPS) is 18.3. The van der Waals surface area contributed by atoms with E-state index in [9.17, 15) is 22.8 Å². The number of rotatable bonds is 5. The summed E-state index contributed by atoms with van der Waals surface area (Å²) in [4.78, 5) is 24.3. The Bertz CT molecular complexity index is 605. The first-order valence-corrected chi connectivity index (χ1v) is 7.16. The second-order valence-electron chi connectivity index (χ2n) is 5.23. The highest BCUT2D eigenvalue weighted by molar-refractivity contribution is 5.79. The van der Waals surface area contributed by atoms with Gasteiger partial charge in [0.2, 0.25) is 0 Å². The Morgan fingerprint density at radius 3 is 2.79 bits per heavy atom. The third-order valence-electron chi connectivity index (χ3n) is 3.48. The zero-order chi connectivity index (χ0) is 17.7. The Morgan fingerprint density at radius 1 is 1.38 bits per heavy atom. The summed E-state index contributed by atoms with van der Waals surface area (Å²) in [6.45, 7) is 0.104. The van der Waals surface area contributed by atoms with Crippen LogP contribution >= 0.6 is 0 Å². The fourth-order valence-corrected chi connectivity index (χ4v) is 2.34. The van der Waals surface area contributed by atoms with Gasteiger partial charge in [0, 0.05) is 6.54 Å². The molecule has 1 aromatic carbocycles. The minimum Gasteiger partial charge on any atom is -0.484 e. The van der Waals surface area contributed by atoms with Crippen LogP contribution in [-0.4, -0.2) is 54.3 Å². The molecule has 1 aliphatic rings. The van der Waals surface area contributed by atoms with Gasteiger partial charge in [0.1, 0.15) is 5.75 Å². The maximum absolute atomic E-state index is 12.6. The molecule has 1 saturated heterocycles. The van der Waals surface area contributed by atoms with Gasteiger partial charge in [-0.15, -0.1) is 0 Å². The fourth-order valence-electron chi connectivity index (χ4n) is 2.34. The molecule has 2 rings (SSSR count). The Kier molecular flexibility index (Phi) is 5.66. The van der Waals surface area contributed by atoms with E-state index in [2.05, 4.69) is 0 Å². The maximum Gasteiger partial charge on any atom is 0.416 e. The summed E-state index contributed by atoms with van der Waals surface area (Å²) < 4.78 is 48.2. The molecule has 132 valence electrons. The molecule has 0 aromatic heterocycles. The van der Waals surface area contributed by atoms with Crippen molar-refractivity contribution < 1.29 is 37.3 Å². The van der Waals surface area contributed by atoms with Gasteiger partial charge in [0.25, 0.3) is 5.91 Å². The Balaban J connectivity index is 1.98. The number of carboxylic acids is 1. The van der Waals surface area contributed by atoms with Crippen LogP contribution in [0.25, 0.3) is 0 Å².